The third-order valence-electron chi connectivity index (χ3n) is 2.63. The van der Waals surface area contributed by atoms with E-state index in [0.29, 0.717) is 0 Å². The van der Waals surface area contributed by atoms with E-state index < -0.39 is 0 Å². The van der Waals surface area contributed by atoms with E-state index in [0.717, 1.165) is 30.7 Å². The molecule has 2 rings (SSSR count). The molecule has 0 bridgehead atoms. The maximum Gasteiger partial charge on any atom is 0.119 e. The molecule has 2 nitrogen and oxygen atoms in total. The molecule has 16 heavy (non-hydrogen) atoms. The van der Waals surface area contributed by atoms with Gasteiger partial charge in [0, 0.05) is 18.3 Å². The first-order valence-electron chi connectivity index (χ1n) is 5.82. The smallest absolute Gasteiger partial charge is 0.119 e. The molecule has 0 heterocycles. The van der Waals surface area contributed by atoms with Crippen LogP contribution in [0.5, 0.6) is 5.75 Å². The second-order valence-corrected chi connectivity index (χ2v) is 5.13. The van der Waals surface area contributed by atoms with Crippen LogP contribution in [0.3, 0.4) is 0 Å². The van der Waals surface area contributed by atoms with Crippen molar-refractivity contribution in [2.24, 2.45) is 0 Å². The van der Waals surface area contributed by atoms with Gasteiger partial charge in [-0.15, -0.1) is 0 Å². The van der Waals surface area contributed by atoms with Gasteiger partial charge in [-0.25, -0.2) is 0 Å². The van der Waals surface area contributed by atoms with Gasteiger partial charge in [-0.1, -0.05) is 12.1 Å². The largest absolute Gasteiger partial charge is 0.493 e. The third-order valence-corrected chi connectivity index (χ3v) is 3.20. The van der Waals surface area contributed by atoms with Crippen LogP contribution in [0.1, 0.15) is 18.4 Å². The highest BCUT2D eigenvalue weighted by Gasteiger charge is 2.19. The van der Waals surface area contributed by atoms with Crippen molar-refractivity contribution in [1.29, 1.82) is 0 Å². The molecule has 1 fully saturated rings. The topological polar surface area (TPSA) is 21.3 Å². The van der Waals surface area contributed by atoms with Crippen molar-refractivity contribution in [3.8, 4) is 5.75 Å². The van der Waals surface area contributed by atoms with Crippen molar-refractivity contribution in [2.45, 2.75) is 25.4 Å². The third kappa shape index (κ3) is 4.06. The van der Waals surface area contributed by atoms with Crippen molar-refractivity contribution < 1.29 is 4.74 Å². The second-order valence-electron chi connectivity index (χ2n) is 4.14. The summed E-state index contributed by atoms with van der Waals surface area (Å²) in [5, 5.41) is 3.51. The lowest BCUT2D eigenvalue weighted by molar-refractivity contribution is 0.343. The minimum Gasteiger partial charge on any atom is -0.493 e. The van der Waals surface area contributed by atoms with Crippen LogP contribution in [-0.2, 0) is 6.54 Å². The Kier molecular flexibility index (Phi) is 4.55. The normalized spacial score (nSPS) is 15.1. The van der Waals surface area contributed by atoms with Crippen LogP contribution in [0, 0.1) is 0 Å². The van der Waals surface area contributed by atoms with Crippen LogP contribution in [0.4, 0.5) is 0 Å². The molecule has 1 aromatic carbocycles. The summed E-state index contributed by atoms with van der Waals surface area (Å²) in [4.78, 5) is 0. The molecular weight excluding hydrogens is 218 g/mol. The molecule has 0 radical (unpaired) electrons. The number of thioether (sulfide) groups is 1. The lowest BCUT2D eigenvalue weighted by Crippen LogP contribution is -2.15. The highest BCUT2D eigenvalue weighted by molar-refractivity contribution is 7.98. The summed E-state index contributed by atoms with van der Waals surface area (Å²) in [6.45, 7) is 1.76. The Morgan fingerprint density at radius 2 is 2.31 bits per heavy atom. The van der Waals surface area contributed by atoms with Crippen LogP contribution in [0.15, 0.2) is 24.3 Å². The fourth-order valence-corrected chi connectivity index (χ4v) is 1.79. The van der Waals surface area contributed by atoms with Crippen molar-refractivity contribution in [2.75, 3.05) is 18.6 Å². The summed E-state index contributed by atoms with van der Waals surface area (Å²) in [6, 6.07) is 9.15. The summed E-state index contributed by atoms with van der Waals surface area (Å²) < 4.78 is 5.66. The number of rotatable bonds is 7. The molecule has 0 spiro atoms. The van der Waals surface area contributed by atoms with Crippen LogP contribution in [0.2, 0.25) is 0 Å². The average molecular weight is 237 g/mol. The lowest BCUT2D eigenvalue weighted by atomic mass is 10.2. The molecule has 0 unspecified atom stereocenters. The fraction of sp³-hybridized carbons (Fsp3) is 0.538. The molecule has 3 heteroatoms. The molecule has 1 aliphatic carbocycles. The van der Waals surface area contributed by atoms with Gasteiger partial charge in [-0.3, -0.25) is 0 Å². The molecule has 0 amide bonds. The minimum absolute atomic E-state index is 0.765. The monoisotopic (exact) mass is 237 g/mol. The first-order chi connectivity index (χ1) is 7.88. The summed E-state index contributed by atoms with van der Waals surface area (Å²) in [7, 11) is 0. The summed E-state index contributed by atoms with van der Waals surface area (Å²) in [6.07, 6.45) is 4.77. The van der Waals surface area contributed by atoms with E-state index >= 15 is 0 Å². The van der Waals surface area contributed by atoms with E-state index in [1.54, 1.807) is 0 Å². The number of hydrogen-bond donors (Lipinski definition) is 1. The maximum absolute atomic E-state index is 5.66. The van der Waals surface area contributed by atoms with E-state index in [4.69, 9.17) is 4.74 Å². The molecule has 1 aliphatic rings. The predicted molar refractivity (Wildman–Crippen MR) is 70.2 cm³/mol. The first-order valence-corrected chi connectivity index (χ1v) is 7.22. The van der Waals surface area contributed by atoms with Gasteiger partial charge in [0.25, 0.3) is 0 Å². The molecule has 1 N–H and O–H groups in total. The second kappa shape index (κ2) is 6.16. The van der Waals surface area contributed by atoms with Crippen LogP contribution in [0.25, 0.3) is 0 Å². The van der Waals surface area contributed by atoms with Crippen molar-refractivity contribution in [1.82, 2.24) is 5.32 Å². The van der Waals surface area contributed by atoms with Gasteiger partial charge in [-0.05, 0) is 36.8 Å². The Bertz CT molecular complexity index is 325. The van der Waals surface area contributed by atoms with Crippen molar-refractivity contribution >= 4 is 11.8 Å². The number of ether oxygens (including phenoxy) is 1. The molecule has 1 saturated carbocycles. The maximum atomic E-state index is 5.66. The Labute approximate surface area is 102 Å². The van der Waals surface area contributed by atoms with Gasteiger partial charge in [0.2, 0.25) is 0 Å². The Hall–Kier alpha value is -0.670. The van der Waals surface area contributed by atoms with Crippen molar-refractivity contribution in [3.63, 3.8) is 0 Å². The SMILES string of the molecule is CSCCOc1cccc(CNC2CC2)c1. The quantitative estimate of drug-likeness (QED) is 0.737. The summed E-state index contributed by atoms with van der Waals surface area (Å²) in [5.74, 6) is 2.04. The van der Waals surface area contributed by atoms with E-state index in [-0.39, 0.29) is 0 Å². The van der Waals surface area contributed by atoms with Gasteiger partial charge in [0.15, 0.2) is 0 Å². The molecule has 0 aliphatic heterocycles. The average Bonchev–Trinajstić information content (AvgIpc) is 3.11. The highest BCUT2D eigenvalue weighted by Crippen LogP contribution is 2.20. The van der Waals surface area contributed by atoms with Gasteiger partial charge >= 0.3 is 0 Å². The number of benzene rings is 1. The zero-order valence-corrected chi connectivity index (χ0v) is 10.6. The molecule has 0 aromatic heterocycles. The predicted octanol–water partition coefficient (Wildman–Crippen LogP) is 2.68. The molecular formula is C13H19NOS. The number of hydrogen-bond acceptors (Lipinski definition) is 3. The van der Waals surface area contributed by atoms with Crippen molar-refractivity contribution in [3.05, 3.63) is 29.8 Å². The standard InChI is InChI=1S/C13H19NOS/c1-16-8-7-15-13-4-2-3-11(9-13)10-14-12-5-6-12/h2-4,9,12,14H,5-8,10H2,1H3. The zero-order chi connectivity index (χ0) is 11.2. The fourth-order valence-electron chi connectivity index (χ4n) is 1.54. The zero-order valence-electron chi connectivity index (χ0n) is 9.74. The molecule has 0 saturated heterocycles. The Balaban J connectivity index is 1.80. The molecule has 0 atom stereocenters. The van der Waals surface area contributed by atoms with Gasteiger partial charge in [0.05, 0.1) is 6.61 Å². The Morgan fingerprint density at radius 3 is 3.06 bits per heavy atom. The van der Waals surface area contributed by atoms with Crippen LogP contribution >= 0.6 is 11.8 Å². The first kappa shape index (κ1) is 11.8. The van der Waals surface area contributed by atoms with Gasteiger partial charge in [-0.2, -0.15) is 11.8 Å². The van der Waals surface area contributed by atoms with Crippen LogP contribution < -0.4 is 10.1 Å². The van der Waals surface area contributed by atoms with E-state index in [1.807, 2.05) is 17.8 Å². The van der Waals surface area contributed by atoms with E-state index in [9.17, 15) is 0 Å². The molecule has 1 aromatic rings. The molecule has 88 valence electrons. The van der Waals surface area contributed by atoms with E-state index in [2.05, 4.69) is 29.8 Å². The van der Waals surface area contributed by atoms with Gasteiger partial charge in [0.1, 0.15) is 5.75 Å². The summed E-state index contributed by atoms with van der Waals surface area (Å²) >= 11 is 1.81. The summed E-state index contributed by atoms with van der Waals surface area (Å²) in [5.41, 5.74) is 1.31. The van der Waals surface area contributed by atoms with Crippen LogP contribution in [-0.4, -0.2) is 24.7 Å². The highest BCUT2D eigenvalue weighted by atomic mass is 32.2. The van der Waals surface area contributed by atoms with E-state index in [1.165, 1.54) is 18.4 Å². The number of nitrogens with one attached hydrogen (secondary N) is 1. The Morgan fingerprint density at radius 1 is 1.44 bits per heavy atom. The lowest BCUT2D eigenvalue weighted by Gasteiger charge is -2.08. The minimum atomic E-state index is 0.765. The van der Waals surface area contributed by atoms with Gasteiger partial charge < -0.3 is 10.1 Å².